The lowest BCUT2D eigenvalue weighted by molar-refractivity contribution is 0.397. The summed E-state index contributed by atoms with van der Waals surface area (Å²) in [5.41, 5.74) is 8.35. The largest absolute Gasteiger partial charge is 0.496 e. The fraction of sp³-hybridized carbons (Fsp3) is 0.176. The van der Waals surface area contributed by atoms with Crippen LogP contribution in [0.25, 0.3) is 11.0 Å². The van der Waals surface area contributed by atoms with E-state index in [-0.39, 0.29) is 0 Å². The minimum absolute atomic E-state index is 0.302. The highest BCUT2D eigenvalue weighted by Gasteiger charge is 2.21. The van der Waals surface area contributed by atoms with Gasteiger partial charge in [-0.2, -0.15) is 0 Å². The smallest absolute Gasteiger partial charge is 0.134 e. The second-order valence-corrected chi connectivity index (χ2v) is 5.02. The molecule has 3 rings (SSSR count). The number of ether oxygens (including phenoxy) is 1. The minimum atomic E-state index is -0.714. The van der Waals surface area contributed by atoms with Crippen molar-refractivity contribution in [1.29, 1.82) is 0 Å². The molecule has 0 saturated carbocycles. The molecule has 0 aliphatic rings. The number of rotatable bonds is 3. The lowest BCUT2D eigenvalue weighted by atomic mass is 10.0. The Morgan fingerprint density at radius 1 is 1.19 bits per heavy atom. The van der Waals surface area contributed by atoms with Crippen LogP contribution in [0.3, 0.4) is 0 Å². The number of nitrogens with two attached hydrogens (primary N) is 1. The van der Waals surface area contributed by atoms with Crippen LogP contribution in [0.1, 0.15) is 22.9 Å². The number of fused-ring (bicyclic) bond motifs is 1. The Bertz CT molecular complexity index is 795. The van der Waals surface area contributed by atoms with E-state index in [0.29, 0.717) is 17.1 Å². The van der Waals surface area contributed by atoms with Crippen LogP contribution < -0.4 is 10.5 Å². The van der Waals surface area contributed by atoms with Crippen LogP contribution >= 0.6 is 0 Å². The first-order valence-electron chi connectivity index (χ1n) is 6.68. The summed E-state index contributed by atoms with van der Waals surface area (Å²) in [6.07, 6.45) is 0. The second kappa shape index (κ2) is 5.22. The van der Waals surface area contributed by atoms with Gasteiger partial charge in [0.25, 0.3) is 0 Å². The molecule has 1 atom stereocenters. The van der Waals surface area contributed by atoms with Gasteiger partial charge in [0.15, 0.2) is 0 Å². The van der Waals surface area contributed by atoms with E-state index in [4.69, 9.17) is 14.9 Å². The van der Waals surface area contributed by atoms with Crippen LogP contribution in [0.5, 0.6) is 5.75 Å². The molecule has 1 heterocycles. The molecule has 2 aromatic carbocycles. The average Bonchev–Trinajstić information content (AvgIpc) is 2.89. The Morgan fingerprint density at radius 2 is 2.00 bits per heavy atom. The summed E-state index contributed by atoms with van der Waals surface area (Å²) in [6.45, 7) is 2.01. The predicted octanol–water partition coefficient (Wildman–Crippen LogP) is 3.94. The van der Waals surface area contributed by atoms with E-state index < -0.39 is 11.9 Å². The van der Waals surface area contributed by atoms with Crippen molar-refractivity contribution in [2.45, 2.75) is 13.0 Å². The van der Waals surface area contributed by atoms with Gasteiger partial charge in [0.05, 0.1) is 18.7 Å². The molecule has 0 radical (unpaired) electrons. The third kappa shape index (κ3) is 2.38. The molecule has 1 unspecified atom stereocenters. The fourth-order valence-electron chi connectivity index (χ4n) is 2.48. The first-order chi connectivity index (χ1) is 10.1. The van der Waals surface area contributed by atoms with E-state index >= 15 is 0 Å². The average molecular weight is 285 g/mol. The molecule has 4 heteroatoms. The maximum Gasteiger partial charge on any atom is 0.134 e. The van der Waals surface area contributed by atoms with Gasteiger partial charge in [-0.25, -0.2) is 4.39 Å². The number of furan rings is 1. The van der Waals surface area contributed by atoms with Crippen LogP contribution in [0, 0.1) is 12.7 Å². The monoisotopic (exact) mass is 285 g/mol. The van der Waals surface area contributed by atoms with Gasteiger partial charge in [0.2, 0.25) is 0 Å². The highest BCUT2D eigenvalue weighted by molar-refractivity contribution is 5.79. The molecule has 0 spiro atoms. The normalized spacial score (nSPS) is 12.6. The van der Waals surface area contributed by atoms with Gasteiger partial charge in [0, 0.05) is 5.39 Å². The van der Waals surface area contributed by atoms with E-state index in [2.05, 4.69) is 0 Å². The van der Waals surface area contributed by atoms with Gasteiger partial charge in [-0.1, -0.05) is 17.7 Å². The zero-order valence-electron chi connectivity index (χ0n) is 11.9. The summed E-state index contributed by atoms with van der Waals surface area (Å²) >= 11 is 0. The molecular weight excluding hydrogens is 269 g/mol. The van der Waals surface area contributed by atoms with Crippen molar-refractivity contribution in [2.75, 3.05) is 7.11 Å². The number of aryl methyl sites for hydroxylation is 1. The van der Waals surface area contributed by atoms with Gasteiger partial charge >= 0.3 is 0 Å². The summed E-state index contributed by atoms with van der Waals surface area (Å²) in [6, 6.07) is 11.6. The highest BCUT2D eigenvalue weighted by atomic mass is 19.1. The molecule has 0 bridgehead atoms. The molecule has 3 aromatic rings. The Labute approximate surface area is 122 Å². The standard InChI is InChI=1S/C17H16FNO2/c1-10-6-7-13-11(8-10)9-15(21-13)17(19)16-12(18)4-3-5-14(16)20-2/h3-9,17H,19H2,1-2H3. The van der Waals surface area contributed by atoms with Gasteiger partial charge in [-0.3, -0.25) is 0 Å². The number of benzene rings is 2. The molecule has 3 nitrogen and oxygen atoms in total. The molecule has 0 fully saturated rings. The first kappa shape index (κ1) is 13.6. The lowest BCUT2D eigenvalue weighted by Gasteiger charge is -2.14. The second-order valence-electron chi connectivity index (χ2n) is 5.02. The Kier molecular flexibility index (Phi) is 3.39. The van der Waals surface area contributed by atoms with Crippen molar-refractivity contribution >= 4 is 11.0 Å². The quantitative estimate of drug-likeness (QED) is 0.793. The van der Waals surface area contributed by atoms with Crippen LogP contribution in [0.15, 0.2) is 46.9 Å². The number of hydrogen-bond donors (Lipinski definition) is 1. The lowest BCUT2D eigenvalue weighted by Crippen LogP contribution is -2.14. The zero-order chi connectivity index (χ0) is 15.0. The molecule has 0 aliphatic heterocycles. The fourth-order valence-corrected chi connectivity index (χ4v) is 2.48. The molecular formula is C17H16FNO2. The van der Waals surface area contributed by atoms with E-state index in [9.17, 15) is 4.39 Å². The van der Waals surface area contributed by atoms with Gasteiger partial charge < -0.3 is 14.9 Å². The van der Waals surface area contributed by atoms with Crippen LogP contribution in [-0.4, -0.2) is 7.11 Å². The van der Waals surface area contributed by atoms with Crippen LogP contribution in [0.2, 0.25) is 0 Å². The topological polar surface area (TPSA) is 48.4 Å². The van der Waals surface area contributed by atoms with Crippen LogP contribution in [-0.2, 0) is 0 Å². The van der Waals surface area contributed by atoms with Crippen molar-refractivity contribution in [3.05, 3.63) is 65.2 Å². The molecule has 1 aromatic heterocycles. The van der Waals surface area contributed by atoms with E-state index in [1.54, 1.807) is 12.1 Å². The molecule has 2 N–H and O–H groups in total. The predicted molar refractivity (Wildman–Crippen MR) is 79.9 cm³/mol. The van der Waals surface area contributed by atoms with E-state index in [1.165, 1.54) is 13.2 Å². The molecule has 21 heavy (non-hydrogen) atoms. The number of hydrogen-bond acceptors (Lipinski definition) is 3. The Balaban J connectivity index is 2.10. The van der Waals surface area contributed by atoms with Crippen molar-refractivity contribution < 1.29 is 13.5 Å². The van der Waals surface area contributed by atoms with E-state index in [0.717, 1.165) is 16.5 Å². The number of halogens is 1. The molecule has 108 valence electrons. The summed E-state index contributed by atoms with van der Waals surface area (Å²) < 4.78 is 25.0. The van der Waals surface area contributed by atoms with Gasteiger partial charge in [0.1, 0.15) is 22.9 Å². The minimum Gasteiger partial charge on any atom is -0.496 e. The number of methoxy groups -OCH3 is 1. The SMILES string of the molecule is COc1cccc(F)c1C(N)c1cc2cc(C)ccc2o1. The first-order valence-corrected chi connectivity index (χ1v) is 6.68. The third-order valence-corrected chi connectivity index (χ3v) is 3.54. The maximum absolute atomic E-state index is 14.1. The van der Waals surface area contributed by atoms with Gasteiger partial charge in [-0.05, 0) is 37.3 Å². The van der Waals surface area contributed by atoms with Gasteiger partial charge in [-0.15, -0.1) is 0 Å². The van der Waals surface area contributed by atoms with Crippen molar-refractivity contribution in [2.24, 2.45) is 5.73 Å². The van der Waals surface area contributed by atoms with Crippen molar-refractivity contribution in [3.8, 4) is 5.75 Å². The molecule has 0 saturated heterocycles. The summed E-state index contributed by atoms with van der Waals surface area (Å²) in [7, 11) is 1.49. The highest BCUT2D eigenvalue weighted by Crippen LogP contribution is 2.33. The summed E-state index contributed by atoms with van der Waals surface area (Å²) in [5, 5.41) is 0.954. The molecule has 0 aliphatic carbocycles. The summed E-state index contributed by atoms with van der Waals surface area (Å²) in [5.74, 6) is 0.525. The maximum atomic E-state index is 14.1. The summed E-state index contributed by atoms with van der Waals surface area (Å²) in [4.78, 5) is 0. The Morgan fingerprint density at radius 3 is 2.76 bits per heavy atom. The van der Waals surface area contributed by atoms with Crippen molar-refractivity contribution in [1.82, 2.24) is 0 Å². The Hall–Kier alpha value is -2.33. The van der Waals surface area contributed by atoms with Crippen molar-refractivity contribution in [3.63, 3.8) is 0 Å². The third-order valence-electron chi connectivity index (χ3n) is 3.54. The molecule has 0 amide bonds. The van der Waals surface area contributed by atoms with E-state index in [1.807, 2.05) is 31.2 Å². The van der Waals surface area contributed by atoms with Crippen LogP contribution in [0.4, 0.5) is 4.39 Å². The zero-order valence-corrected chi connectivity index (χ0v) is 11.9.